The number of halogens is 2. The Kier molecular flexibility index (Phi) is 8.06. The van der Waals surface area contributed by atoms with Crippen LogP contribution in [0.1, 0.15) is 17.5 Å². The number of fused-ring (bicyclic) bond motifs is 1. The highest BCUT2D eigenvalue weighted by molar-refractivity contribution is 5.70. The van der Waals surface area contributed by atoms with E-state index in [0.717, 1.165) is 29.9 Å². The second-order valence-electron chi connectivity index (χ2n) is 5.14. The molecule has 1 atom stereocenters. The lowest BCUT2D eigenvalue weighted by Crippen LogP contribution is -3.00. The summed E-state index contributed by atoms with van der Waals surface area (Å²) in [5, 5.41) is 2.25. The van der Waals surface area contributed by atoms with Crippen molar-refractivity contribution in [1.82, 2.24) is 4.98 Å². The van der Waals surface area contributed by atoms with E-state index in [1.165, 1.54) is 5.56 Å². The maximum atomic E-state index is 5.58. The van der Waals surface area contributed by atoms with E-state index in [2.05, 4.69) is 39.6 Å². The molecule has 0 radical (unpaired) electrons. The van der Waals surface area contributed by atoms with Crippen LogP contribution in [0.2, 0.25) is 0 Å². The Balaban J connectivity index is 0.00000132. The summed E-state index contributed by atoms with van der Waals surface area (Å²) >= 11 is 0. The Morgan fingerprint density at radius 1 is 1.04 bits per heavy atom. The van der Waals surface area contributed by atoms with Crippen LogP contribution < -0.4 is 35.1 Å². The molecule has 2 aromatic carbocycles. The Labute approximate surface area is 148 Å². The van der Waals surface area contributed by atoms with E-state index in [0.29, 0.717) is 0 Å². The summed E-state index contributed by atoms with van der Waals surface area (Å²) in [5.74, 6) is 1.12. The fourth-order valence-corrected chi connectivity index (χ4v) is 2.57. The Morgan fingerprint density at radius 2 is 1.74 bits per heavy atom. The zero-order chi connectivity index (χ0) is 14.5. The molecule has 6 heteroatoms. The third kappa shape index (κ3) is 4.94. The van der Waals surface area contributed by atoms with Crippen LogP contribution in [0.5, 0.6) is 0 Å². The number of nitrogens with one attached hydrogen (secondary N) is 2. The third-order valence-electron chi connectivity index (χ3n) is 3.68. The summed E-state index contributed by atoms with van der Waals surface area (Å²) in [4.78, 5) is 6.80. The smallest absolute Gasteiger partial charge is 0.309 e. The van der Waals surface area contributed by atoms with Crippen LogP contribution in [0.15, 0.2) is 54.6 Å². The van der Waals surface area contributed by atoms with Gasteiger partial charge < -0.3 is 34.9 Å². The van der Waals surface area contributed by atoms with Gasteiger partial charge in [0.25, 0.3) is 0 Å². The molecule has 3 rings (SSSR count). The summed E-state index contributed by atoms with van der Waals surface area (Å²) in [6.45, 7) is 1.77. The third-order valence-corrected chi connectivity index (χ3v) is 3.68. The molecular formula is C17H21Cl2N3O. The van der Waals surface area contributed by atoms with Crippen LogP contribution in [0, 0.1) is 0 Å². The van der Waals surface area contributed by atoms with Crippen molar-refractivity contribution in [3.05, 3.63) is 66.0 Å². The van der Waals surface area contributed by atoms with Gasteiger partial charge in [-0.2, -0.15) is 0 Å². The first-order chi connectivity index (χ1) is 10.4. The lowest BCUT2D eigenvalue weighted by Gasteiger charge is -2.13. The molecule has 0 aliphatic rings. The van der Waals surface area contributed by atoms with Crippen LogP contribution in [-0.2, 0) is 11.3 Å². The molecule has 1 aromatic heterocycles. The number of imidazole rings is 1. The highest BCUT2D eigenvalue weighted by Crippen LogP contribution is 2.13. The van der Waals surface area contributed by atoms with Crippen molar-refractivity contribution in [3.8, 4) is 0 Å². The predicted molar refractivity (Wildman–Crippen MR) is 81.5 cm³/mol. The molecule has 0 aliphatic heterocycles. The second-order valence-corrected chi connectivity index (χ2v) is 5.14. The Morgan fingerprint density at radius 3 is 2.43 bits per heavy atom. The van der Waals surface area contributed by atoms with Crippen molar-refractivity contribution in [3.63, 3.8) is 0 Å². The van der Waals surface area contributed by atoms with E-state index in [-0.39, 0.29) is 30.9 Å². The van der Waals surface area contributed by atoms with Gasteiger partial charge >= 0.3 is 5.82 Å². The van der Waals surface area contributed by atoms with Gasteiger partial charge in [-0.25, -0.2) is 9.97 Å². The van der Waals surface area contributed by atoms with Gasteiger partial charge in [0, 0.05) is 7.11 Å². The topological polar surface area (TPSA) is 55.8 Å². The molecule has 23 heavy (non-hydrogen) atoms. The van der Waals surface area contributed by atoms with E-state index in [1.807, 2.05) is 30.3 Å². The zero-order valence-electron chi connectivity index (χ0n) is 12.9. The molecular weight excluding hydrogens is 333 g/mol. The minimum Gasteiger partial charge on any atom is -1.00 e. The van der Waals surface area contributed by atoms with Gasteiger partial charge in [-0.05, 0) is 17.7 Å². The molecule has 3 aromatic rings. The van der Waals surface area contributed by atoms with Gasteiger partial charge in [-0.3, -0.25) is 0 Å². The van der Waals surface area contributed by atoms with Crippen molar-refractivity contribution in [1.29, 1.82) is 0 Å². The molecule has 0 bridgehead atoms. The van der Waals surface area contributed by atoms with Crippen molar-refractivity contribution in [2.24, 2.45) is 0 Å². The molecule has 0 fully saturated rings. The number of methoxy groups -OCH3 is 1. The first kappa shape index (κ1) is 19.5. The fraction of sp³-hybridized carbons (Fsp3) is 0.235. The van der Waals surface area contributed by atoms with E-state index >= 15 is 0 Å². The summed E-state index contributed by atoms with van der Waals surface area (Å²) in [6.07, 6.45) is 0.121. The quantitative estimate of drug-likeness (QED) is 0.460. The number of aromatic nitrogens is 2. The number of ether oxygens (including phenoxy) is 1. The number of hydrogen-bond donors (Lipinski definition) is 2. The number of rotatable bonds is 6. The fourth-order valence-electron chi connectivity index (χ4n) is 2.57. The molecule has 1 heterocycles. The SMILES string of the molecule is COC(C[NH2+]Cc1[nH]c2ccccc2[nH+]1)c1ccccc1.[Cl-].[Cl-]. The highest BCUT2D eigenvalue weighted by Gasteiger charge is 2.15. The van der Waals surface area contributed by atoms with Gasteiger partial charge in [0.1, 0.15) is 12.6 Å². The minimum atomic E-state index is 0. The average molecular weight is 354 g/mol. The van der Waals surface area contributed by atoms with Gasteiger partial charge in [0.05, 0.1) is 0 Å². The van der Waals surface area contributed by atoms with Crippen LogP contribution >= 0.6 is 0 Å². The number of nitrogens with two attached hydrogens (primary N) is 1. The van der Waals surface area contributed by atoms with Crippen LogP contribution in [-0.4, -0.2) is 18.6 Å². The summed E-state index contributed by atoms with van der Waals surface area (Å²) in [5.41, 5.74) is 3.51. The second kappa shape index (κ2) is 9.53. The average Bonchev–Trinajstić information content (AvgIpc) is 2.95. The number of hydrogen-bond acceptors (Lipinski definition) is 1. The summed E-state index contributed by atoms with van der Waals surface area (Å²) in [6, 6.07) is 18.6. The maximum absolute atomic E-state index is 5.58. The number of H-pyrrole nitrogens is 2. The molecule has 4 nitrogen and oxygen atoms in total. The Hall–Kier alpha value is -1.59. The lowest BCUT2D eigenvalue weighted by molar-refractivity contribution is -0.687. The first-order valence-corrected chi connectivity index (χ1v) is 7.25. The largest absolute Gasteiger partial charge is 1.00 e. The lowest BCUT2D eigenvalue weighted by atomic mass is 10.1. The number of para-hydroxylation sites is 2. The molecule has 0 spiro atoms. The molecule has 0 saturated heterocycles. The molecule has 124 valence electrons. The van der Waals surface area contributed by atoms with Crippen molar-refractivity contribution in [2.45, 2.75) is 12.6 Å². The molecule has 0 saturated carbocycles. The van der Waals surface area contributed by atoms with Gasteiger partial charge in [0.2, 0.25) is 0 Å². The van der Waals surface area contributed by atoms with E-state index in [1.54, 1.807) is 7.11 Å². The predicted octanol–water partition coefficient (Wildman–Crippen LogP) is -4.56. The molecule has 0 amide bonds. The van der Waals surface area contributed by atoms with Gasteiger partial charge in [-0.15, -0.1) is 0 Å². The molecule has 1 unspecified atom stereocenters. The summed E-state index contributed by atoms with van der Waals surface area (Å²) in [7, 11) is 1.76. The van der Waals surface area contributed by atoms with E-state index < -0.39 is 0 Å². The van der Waals surface area contributed by atoms with Gasteiger partial charge in [0.15, 0.2) is 17.6 Å². The van der Waals surface area contributed by atoms with Crippen LogP contribution in [0.3, 0.4) is 0 Å². The van der Waals surface area contributed by atoms with Crippen molar-refractivity contribution in [2.75, 3.05) is 13.7 Å². The molecule has 4 N–H and O–H groups in total. The van der Waals surface area contributed by atoms with E-state index in [4.69, 9.17) is 4.74 Å². The normalized spacial score (nSPS) is 11.5. The van der Waals surface area contributed by atoms with Crippen LogP contribution in [0.25, 0.3) is 11.0 Å². The number of benzene rings is 2. The van der Waals surface area contributed by atoms with Crippen LogP contribution in [0.4, 0.5) is 0 Å². The standard InChI is InChI=1S/C17H19N3O.2ClH/c1-21-16(13-7-3-2-4-8-13)11-18-12-17-19-14-9-5-6-10-15(14)20-17;;/h2-10,16,18H,11-12H2,1H3,(H,19,20);2*1H. The highest BCUT2D eigenvalue weighted by atomic mass is 35.5. The van der Waals surface area contributed by atoms with Crippen molar-refractivity contribution < 1.29 is 39.9 Å². The minimum absolute atomic E-state index is 0. The summed E-state index contributed by atoms with van der Waals surface area (Å²) < 4.78 is 5.58. The maximum Gasteiger partial charge on any atom is 0.309 e. The van der Waals surface area contributed by atoms with E-state index in [9.17, 15) is 0 Å². The first-order valence-electron chi connectivity index (χ1n) is 7.25. The number of quaternary nitrogens is 1. The van der Waals surface area contributed by atoms with Gasteiger partial charge in [-0.1, -0.05) is 42.5 Å². The van der Waals surface area contributed by atoms with Crippen molar-refractivity contribution >= 4 is 11.0 Å². The number of aromatic amines is 2. The zero-order valence-corrected chi connectivity index (χ0v) is 14.4. The Bertz CT molecular complexity index is 670. The molecule has 0 aliphatic carbocycles. The monoisotopic (exact) mass is 353 g/mol.